The Bertz CT molecular complexity index is 967. The lowest BCUT2D eigenvalue weighted by atomic mass is 9.89. The number of cyclic esters (lactones) is 1. The molecule has 1 aromatic carbocycles. The van der Waals surface area contributed by atoms with Crippen LogP contribution < -0.4 is 0 Å². The minimum atomic E-state index is -2.90. The van der Waals surface area contributed by atoms with Crippen LogP contribution in [0.15, 0.2) is 11.6 Å². The third-order valence-corrected chi connectivity index (χ3v) is 6.61. The topological polar surface area (TPSA) is 102 Å². The van der Waals surface area contributed by atoms with Crippen LogP contribution in [0.4, 0.5) is 8.78 Å². The van der Waals surface area contributed by atoms with Gasteiger partial charge in [-0.1, -0.05) is 18.6 Å². The Morgan fingerprint density at radius 2 is 2.00 bits per heavy atom. The number of esters is 2. The zero-order chi connectivity index (χ0) is 25.6. The van der Waals surface area contributed by atoms with Crippen LogP contribution in [-0.4, -0.2) is 47.1 Å². The Labute approximate surface area is 199 Å². The van der Waals surface area contributed by atoms with Gasteiger partial charge in [-0.15, -0.1) is 4.83 Å². The summed E-state index contributed by atoms with van der Waals surface area (Å²) < 4.78 is 48.8. The van der Waals surface area contributed by atoms with Gasteiger partial charge < -0.3 is 19.1 Å². The number of carbonyl (C=O) groups excluding carboxylic acids is 2. The SMILES string of the molecule is CCOC(=O)[C@H](C)N(OC(CC(C)=CCc1c(O)c2c(c(C)c1CC)COC2=O)C(F)F)[PH2]=O. The lowest BCUT2D eigenvalue weighted by Crippen LogP contribution is -2.38. The summed E-state index contributed by atoms with van der Waals surface area (Å²) in [6.45, 7) is 8.61. The van der Waals surface area contributed by atoms with Gasteiger partial charge in [-0.3, -0.25) is 9.63 Å². The highest BCUT2D eigenvalue weighted by Gasteiger charge is 2.32. The molecule has 0 saturated heterocycles. The smallest absolute Gasteiger partial charge is 0.342 e. The van der Waals surface area contributed by atoms with Crippen LogP contribution in [0.2, 0.25) is 0 Å². The van der Waals surface area contributed by atoms with E-state index >= 15 is 0 Å². The number of ether oxygens (including phenoxy) is 2. The maximum absolute atomic E-state index is 13.7. The first-order chi connectivity index (χ1) is 16.1. The second-order valence-electron chi connectivity index (χ2n) is 8.04. The van der Waals surface area contributed by atoms with E-state index in [9.17, 15) is 28.0 Å². The maximum Gasteiger partial charge on any atom is 0.342 e. The van der Waals surface area contributed by atoms with Gasteiger partial charge in [0.1, 0.15) is 38.7 Å². The minimum Gasteiger partial charge on any atom is -0.507 e. The molecule has 1 aliphatic rings. The number of hydroxylamine groups is 1. The molecule has 1 aromatic rings. The number of allylic oxidation sites excluding steroid dienone is 1. The van der Waals surface area contributed by atoms with Crippen molar-refractivity contribution < 1.29 is 42.4 Å². The number of phenolic OH excluding ortho intramolecular Hbond substituents is 1. The number of phenols is 1. The fourth-order valence-corrected chi connectivity index (χ4v) is 4.43. The van der Waals surface area contributed by atoms with Gasteiger partial charge in [0, 0.05) is 17.5 Å². The molecule has 2 rings (SSSR count). The molecule has 0 aliphatic carbocycles. The Balaban J connectivity index is 2.22. The van der Waals surface area contributed by atoms with Crippen molar-refractivity contribution in [2.75, 3.05) is 6.61 Å². The fourth-order valence-electron chi connectivity index (χ4n) is 3.92. The summed E-state index contributed by atoms with van der Waals surface area (Å²) in [5.74, 6) is -1.45. The predicted molar refractivity (Wildman–Crippen MR) is 123 cm³/mol. The highest BCUT2D eigenvalue weighted by atomic mass is 31.1. The molecule has 8 nitrogen and oxygen atoms in total. The normalized spacial score (nSPS) is 15.8. The monoisotopic (exact) mass is 503 g/mol. The molecule has 190 valence electrons. The number of aromatic hydroxyl groups is 1. The number of benzene rings is 1. The quantitative estimate of drug-likeness (QED) is 0.195. The van der Waals surface area contributed by atoms with Crippen molar-refractivity contribution in [2.45, 2.75) is 79.1 Å². The van der Waals surface area contributed by atoms with Gasteiger partial charge in [0.05, 0.1) is 6.61 Å². The van der Waals surface area contributed by atoms with Gasteiger partial charge in [-0.2, -0.15) is 0 Å². The Hall–Kier alpha value is -2.29. The van der Waals surface area contributed by atoms with Crippen molar-refractivity contribution in [2.24, 2.45) is 0 Å². The highest BCUT2D eigenvalue weighted by Crippen LogP contribution is 2.38. The minimum absolute atomic E-state index is 0.0950. The molecule has 0 fully saturated rings. The molecule has 1 heterocycles. The van der Waals surface area contributed by atoms with Crippen LogP contribution in [0.25, 0.3) is 0 Å². The average Bonchev–Trinajstić information content (AvgIpc) is 3.19. The van der Waals surface area contributed by atoms with Crippen LogP contribution in [0.3, 0.4) is 0 Å². The summed E-state index contributed by atoms with van der Waals surface area (Å²) in [6, 6.07) is -1.10. The lowest BCUT2D eigenvalue weighted by Gasteiger charge is -2.26. The number of halogens is 2. The number of fused-ring (bicyclic) bond motifs is 1. The van der Waals surface area contributed by atoms with E-state index in [1.165, 1.54) is 6.92 Å². The zero-order valence-corrected chi connectivity index (χ0v) is 21.2. The first-order valence-electron chi connectivity index (χ1n) is 11.1. The highest BCUT2D eigenvalue weighted by molar-refractivity contribution is 7.20. The third kappa shape index (κ3) is 6.23. The molecule has 1 N–H and O–H groups in total. The zero-order valence-electron chi connectivity index (χ0n) is 20.0. The molecule has 34 heavy (non-hydrogen) atoms. The van der Waals surface area contributed by atoms with Gasteiger partial charge in [0.15, 0.2) is 0 Å². The number of hydrogen-bond donors (Lipinski definition) is 1. The molecular formula is C23H32F2NO7P. The summed E-state index contributed by atoms with van der Waals surface area (Å²) >= 11 is 0. The van der Waals surface area contributed by atoms with Crippen molar-refractivity contribution in [3.8, 4) is 5.75 Å². The second kappa shape index (κ2) is 12.4. The number of hydrogen-bond acceptors (Lipinski definition) is 7. The molecular weight excluding hydrogens is 471 g/mol. The first kappa shape index (κ1) is 28.0. The Kier molecular flexibility index (Phi) is 10.2. The number of alkyl halides is 2. The summed E-state index contributed by atoms with van der Waals surface area (Å²) in [4.78, 5) is 29.9. The number of nitrogens with zero attached hydrogens (tertiary/aromatic N) is 1. The average molecular weight is 503 g/mol. The van der Waals surface area contributed by atoms with Gasteiger partial charge in [0.2, 0.25) is 0 Å². The van der Waals surface area contributed by atoms with Crippen molar-refractivity contribution in [3.05, 3.63) is 39.5 Å². The van der Waals surface area contributed by atoms with Crippen LogP contribution in [-0.2, 0) is 43.1 Å². The standard InChI is InChI=1S/C23H32F2NO7P/c1-6-15-13(4)17-11-32-23(29)19(17)20(27)16(15)9-8-12(3)10-18(21(24)25)33-26(34-30)14(5)22(28)31-7-2/h8,14,18,21,27H,6-7,9-11,34H2,1-5H3/t14-,18?/m0/s1. The van der Waals surface area contributed by atoms with E-state index in [4.69, 9.17) is 14.3 Å². The van der Waals surface area contributed by atoms with Crippen molar-refractivity contribution in [1.82, 2.24) is 4.83 Å². The molecule has 0 aromatic heterocycles. The van der Waals surface area contributed by atoms with E-state index < -0.39 is 39.1 Å². The van der Waals surface area contributed by atoms with E-state index in [0.717, 1.165) is 16.0 Å². The van der Waals surface area contributed by atoms with E-state index in [0.29, 0.717) is 23.1 Å². The second-order valence-corrected chi connectivity index (χ2v) is 8.76. The molecule has 0 radical (unpaired) electrons. The van der Waals surface area contributed by atoms with Gasteiger partial charge in [-0.25, -0.2) is 13.6 Å². The molecule has 0 saturated carbocycles. The molecule has 11 heteroatoms. The largest absolute Gasteiger partial charge is 0.507 e. The van der Waals surface area contributed by atoms with E-state index in [1.54, 1.807) is 19.9 Å². The molecule has 3 atom stereocenters. The van der Waals surface area contributed by atoms with Crippen LogP contribution in [0.5, 0.6) is 5.75 Å². The summed E-state index contributed by atoms with van der Waals surface area (Å²) in [5, 5.41) is 10.7. The molecule has 0 bridgehead atoms. The summed E-state index contributed by atoms with van der Waals surface area (Å²) in [5.41, 5.74) is 3.67. The van der Waals surface area contributed by atoms with Crippen LogP contribution in [0, 0.1) is 6.92 Å². The number of carbonyl (C=O) groups is 2. The van der Waals surface area contributed by atoms with Crippen molar-refractivity contribution in [1.29, 1.82) is 0 Å². The van der Waals surface area contributed by atoms with Gasteiger partial charge >= 0.3 is 11.9 Å². The van der Waals surface area contributed by atoms with Crippen LogP contribution >= 0.6 is 8.61 Å². The summed E-state index contributed by atoms with van der Waals surface area (Å²) in [6.07, 6.45) is -2.22. The first-order valence-corrected chi connectivity index (χ1v) is 12.1. The molecule has 0 amide bonds. The van der Waals surface area contributed by atoms with Crippen molar-refractivity contribution >= 4 is 20.5 Å². The van der Waals surface area contributed by atoms with Crippen LogP contribution in [0.1, 0.15) is 66.7 Å². The molecule has 1 aliphatic heterocycles. The lowest BCUT2D eigenvalue weighted by molar-refractivity contribution is -0.200. The summed E-state index contributed by atoms with van der Waals surface area (Å²) in [7, 11) is -1.81. The van der Waals surface area contributed by atoms with E-state index in [-0.39, 0.29) is 37.4 Å². The van der Waals surface area contributed by atoms with Gasteiger partial charge in [-0.05, 0) is 51.7 Å². The third-order valence-electron chi connectivity index (χ3n) is 5.83. The van der Waals surface area contributed by atoms with E-state index in [1.807, 2.05) is 13.8 Å². The maximum atomic E-state index is 13.7. The van der Waals surface area contributed by atoms with E-state index in [2.05, 4.69) is 0 Å². The van der Waals surface area contributed by atoms with Crippen molar-refractivity contribution in [3.63, 3.8) is 0 Å². The molecule has 0 spiro atoms. The predicted octanol–water partition coefficient (Wildman–Crippen LogP) is 4.30. The van der Waals surface area contributed by atoms with Gasteiger partial charge in [0.25, 0.3) is 6.43 Å². The number of rotatable bonds is 12. The fraction of sp³-hybridized carbons (Fsp3) is 0.565. The molecule has 2 unspecified atom stereocenters. The Morgan fingerprint density at radius 1 is 1.32 bits per heavy atom. The Morgan fingerprint density at radius 3 is 2.56 bits per heavy atom.